The first kappa shape index (κ1) is 15.5. The molecule has 0 fully saturated rings. The number of allylic oxidation sites excluding steroid dienone is 1. The van der Waals surface area contributed by atoms with Gasteiger partial charge in [0.25, 0.3) is 0 Å². The summed E-state index contributed by atoms with van der Waals surface area (Å²) in [6.45, 7) is 10.7. The quantitative estimate of drug-likeness (QED) is 0.398. The monoisotopic (exact) mass is 216 g/mol. The summed E-state index contributed by atoms with van der Waals surface area (Å²) in [4.78, 5) is 18.3. The first-order valence-electron chi connectivity index (χ1n) is 4.36. The number of amidine groups is 1. The Hall–Kier alpha value is -0.960. The van der Waals surface area contributed by atoms with Crippen LogP contribution < -0.4 is 0 Å². The van der Waals surface area contributed by atoms with Crippen LogP contribution in [0.3, 0.4) is 0 Å². The van der Waals surface area contributed by atoms with E-state index in [9.17, 15) is 4.79 Å². The van der Waals surface area contributed by atoms with E-state index in [4.69, 9.17) is 11.6 Å². The molecule has 0 bridgehead atoms. The largest absolute Gasteiger partial charge is 0.293 e. The molecule has 80 valence electrons. The summed E-state index contributed by atoms with van der Waals surface area (Å²) in [5, 5.41) is 0.0585. The Labute approximate surface area is 90.6 Å². The highest BCUT2D eigenvalue weighted by molar-refractivity contribution is 6.67. The van der Waals surface area contributed by atoms with E-state index < -0.39 is 0 Å². The average molecular weight is 217 g/mol. The van der Waals surface area contributed by atoms with Crippen LogP contribution in [0.5, 0.6) is 0 Å². The molecule has 0 spiro atoms. The second kappa shape index (κ2) is 8.63. The van der Waals surface area contributed by atoms with E-state index in [1.165, 1.54) is 14.0 Å². The Morgan fingerprint density at radius 3 is 1.93 bits per heavy atom. The van der Waals surface area contributed by atoms with Gasteiger partial charge in [-0.15, -0.1) is 0 Å². The minimum absolute atomic E-state index is 0.0585. The van der Waals surface area contributed by atoms with E-state index >= 15 is 0 Å². The Bertz CT molecular complexity index is 251. The summed E-state index contributed by atoms with van der Waals surface area (Å²) in [7, 11) is 1.50. The van der Waals surface area contributed by atoms with Crippen LogP contribution in [-0.2, 0) is 4.79 Å². The highest BCUT2D eigenvalue weighted by Crippen LogP contribution is 1.98. The SMILES string of the molecule is C=C(C)/C(=N\C(Cl)=NC)C(C)=O.CC. The molecule has 0 radical (unpaired) electrons. The molecule has 0 unspecified atom stereocenters. The number of hydrogen-bond acceptors (Lipinski definition) is 2. The van der Waals surface area contributed by atoms with Crippen LogP contribution in [0.2, 0.25) is 0 Å². The average Bonchev–Trinajstić information content (AvgIpc) is 2.15. The molecule has 0 aromatic heterocycles. The number of carbonyl (C=O) groups is 1. The van der Waals surface area contributed by atoms with Gasteiger partial charge in [-0.05, 0) is 24.1 Å². The summed E-state index contributed by atoms with van der Waals surface area (Å²) in [6.07, 6.45) is 0. The highest BCUT2D eigenvalue weighted by atomic mass is 35.5. The zero-order valence-corrected chi connectivity index (χ0v) is 10.1. The van der Waals surface area contributed by atoms with Gasteiger partial charge in [-0.2, -0.15) is 0 Å². The van der Waals surface area contributed by atoms with Crippen molar-refractivity contribution in [1.82, 2.24) is 0 Å². The van der Waals surface area contributed by atoms with Crippen LogP contribution in [0, 0.1) is 0 Å². The number of nitrogens with zero attached hydrogens (tertiary/aromatic N) is 2. The van der Waals surface area contributed by atoms with Crippen molar-refractivity contribution < 1.29 is 4.79 Å². The van der Waals surface area contributed by atoms with Crippen molar-refractivity contribution in [1.29, 1.82) is 0 Å². The van der Waals surface area contributed by atoms with Crippen molar-refractivity contribution in [3.05, 3.63) is 12.2 Å². The van der Waals surface area contributed by atoms with Gasteiger partial charge >= 0.3 is 0 Å². The van der Waals surface area contributed by atoms with Crippen molar-refractivity contribution in [3.63, 3.8) is 0 Å². The van der Waals surface area contributed by atoms with Gasteiger partial charge in [0, 0.05) is 14.0 Å². The molecule has 0 saturated heterocycles. The van der Waals surface area contributed by atoms with Gasteiger partial charge < -0.3 is 0 Å². The van der Waals surface area contributed by atoms with Crippen LogP contribution in [0.25, 0.3) is 0 Å². The molecule has 3 nitrogen and oxygen atoms in total. The van der Waals surface area contributed by atoms with Gasteiger partial charge in [0.2, 0.25) is 5.29 Å². The topological polar surface area (TPSA) is 41.8 Å². The fourth-order valence-electron chi connectivity index (χ4n) is 0.617. The molecule has 0 aromatic carbocycles. The summed E-state index contributed by atoms with van der Waals surface area (Å²) in [5.74, 6) is -0.163. The van der Waals surface area contributed by atoms with E-state index in [-0.39, 0.29) is 16.8 Å². The van der Waals surface area contributed by atoms with Crippen LogP contribution in [-0.4, -0.2) is 23.8 Å². The molecular formula is C10H17ClN2O. The summed E-state index contributed by atoms with van der Waals surface area (Å²) >= 11 is 5.52. The highest BCUT2D eigenvalue weighted by Gasteiger charge is 2.06. The normalized spacial score (nSPS) is 11.6. The number of halogens is 1. The maximum absolute atomic E-state index is 10.9. The molecule has 0 N–H and O–H groups in total. The fourth-order valence-corrected chi connectivity index (χ4v) is 0.701. The molecule has 0 aliphatic carbocycles. The number of Topliss-reactive ketones (excluding diaryl/α,β-unsaturated/α-hetero) is 1. The van der Waals surface area contributed by atoms with E-state index in [1.807, 2.05) is 13.8 Å². The molecule has 0 rings (SSSR count). The van der Waals surface area contributed by atoms with Gasteiger partial charge in [0.05, 0.1) is 0 Å². The number of hydrogen-bond donors (Lipinski definition) is 0. The number of ketones is 1. The second-order valence-electron chi connectivity index (χ2n) is 2.29. The van der Waals surface area contributed by atoms with Crippen LogP contribution in [0.15, 0.2) is 22.1 Å². The molecule has 0 aliphatic heterocycles. The smallest absolute Gasteiger partial charge is 0.218 e. The molecule has 14 heavy (non-hydrogen) atoms. The maximum Gasteiger partial charge on any atom is 0.218 e. The molecule has 0 saturated carbocycles. The number of rotatable bonds is 2. The Morgan fingerprint density at radius 2 is 1.71 bits per heavy atom. The van der Waals surface area contributed by atoms with Gasteiger partial charge in [0.1, 0.15) is 5.71 Å². The van der Waals surface area contributed by atoms with Gasteiger partial charge in [0.15, 0.2) is 5.78 Å². The first-order chi connectivity index (χ1) is 6.49. The van der Waals surface area contributed by atoms with Crippen molar-refractivity contribution in [2.45, 2.75) is 27.7 Å². The lowest BCUT2D eigenvalue weighted by atomic mass is 10.1. The van der Waals surface area contributed by atoms with Crippen molar-refractivity contribution >= 4 is 28.4 Å². The molecule has 0 aromatic rings. The lowest BCUT2D eigenvalue weighted by molar-refractivity contribution is -0.111. The third kappa shape index (κ3) is 6.54. The van der Waals surface area contributed by atoms with Crippen LogP contribution in [0.1, 0.15) is 27.7 Å². The number of carbonyl (C=O) groups excluding carboxylic acids is 1. The molecule has 4 heteroatoms. The summed E-state index contributed by atoms with van der Waals surface area (Å²) < 4.78 is 0. The maximum atomic E-state index is 10.9. The molecule has 0 heterocycles. The molecule has 0 amide bonds. The zero-order chi connectivity index (χ0) is 11.7. The van der Waals surface area contributed by atoms with Crippen molar-refractivity contribution in [2.75, 3.05) is 7.05 Å². The third-order valence-electron chi connectivity index (χ3n) is 1.13. The fraction of sp³-hybridized carbons (Fsp3) is 0.500. The second-order valence-corrected chi connectivity index (χ2v) is 2.63. The lowest BCUT2D eigenvalue weighted by Gasteiger charge is -1.98. The predicted molar refractivity (Wildman–Crippen MR) is 63.5 cm³/mol. The lowest BCUT2D eigenvalue weighted by Crippen LogP contribution is -2.12. The van der Waals surface area contributed by atoms with Gasteiger partial charge in [-0.25, -0.2) is 4.99 Å². The van der Waals surface area contributed by atoms with Crippen molar-refractivity contribution in [2.24, 2.45) is 9.98 Å². The van der Waals surface area contributed by atoms with Gasteiger partial charge in [-0.3, -0.25) is 9.79 Å². The minimum Gasteiger partial charge on any atom is -0.293 e. The minimum atomic E-state index is -0.163. The Balaban J connectivity index is 0. The molecule has 0 atom stereocenters. The Morgan fingerprint density at radius 1 is 1.29 bits per heavy atom. The number of aliphatic imine (C=N–C) groups is 2. The van der Waals surface area contributed by atoms with E-state index in [2.05, 4.69) is 16.6 Å². The van der Waals surface area contributed by atoms with E-state index in [0.717, 1.165) is 0 Å². The third-order valence-corrected chi connectivity index (χ3v) is 1.38. The van der Waals surface area contributed by atoms with Crippen LogP contribution >= 0.6 is 11.6 Å². The Kier molecular flexibility index (Phi) is 9.56. The standard InChI is InChI=1S/C8H11ClN2O.C2H6/c1-5(2)7(6(3)12)11-8(9)10-4;1-2/h1H2,2-4H3;1-2H3/b10-8?,11-7+;. The van der Waals surface area contributed by atoms with E-state index in [1.54, 1.807) is 6.92 Å². The van der Waals surface area contributed by atoms with Gasteiger partial charge in [-0.1, -0.05) is 20.4 Å². The predicted octanol–water partition coefficient (Wildman–Crippen LogP) is 2.84. The molecule has 0 aliphatic rings. The summed E-state index contributed by atoms with van der Waals surface area (Å²) in [5.41, 5.74) is 0.856. The summed E-state index contributed by atoms with van der Waals surface area (Å²) in [6, 6.07) is 0. The zero-order valence-electron chi connectivity index (χ0n) is 9.39. The first-order valence-corrected chi connectivity index (χ1v) is 4.74. The van der Waals surface area contributed by atoms with Crippen LogP contribution in [0.4, 0.5) is 0 Å². The van der Waals surface area contributed by atoms with Crippen molar-refractivity contribution in [3.8, 4) is 0 Å². The van der Waals surface area contributed by atoms with E-state index in [0.29, 0.717) is 5.57 Å². The molecular weight excluding hydrogens is 200 g/mol.